The zero-order valence-electron chi connectivity index (χ0n) is 8.17. The predicted octanol–water partition coefficient (Wildman–Crippen LogP) is 1.69. The van der Waals surface area contributed by atoms with Crippen molar-refractivity contribution in [2.45, 2.75) is 6.54 Å². The zero-order chi connectivity index (χ0) is 11.7. The molecule has 0 spiro atoms. The summed E-state index contributed by atoms with van der Waals surface area (Å²) in [6.45, 7) is 0.207. The van der Waals surface area contributed by atoms with Crippen molar-refractivity contribution in [1.82, 2.24) is 9.55 Å². The highest BCUT2D eigenvalue weighted by atomic mass is 79.9. The molecule has 1 N–H and O–H groups in total. The van der Waals surface area contributed by atoms with Crippen LogP contribution >= 0.6 is 27.5 Å². The Morgan fingerprint density at radius 3 is 2.81 bits per heavy atom. The van der Waals surface area contributed by atoms with Crippen LogP contribution in [0.1, 0.15) is 0 Å². The number of fused-ring (bicyclic) bond motifs is 1. The van der Waals surface area contributed by atoms with E-state index in [1.807, 2.05) is 0 Å². The number of aromatic amines is 1. The minimum Gasteiger partial charge on any atom is -0.307 e. The molecule has 6 heteroatoms. The smallest absolute Gasteiger partial charge is 0.307 e. The van der Waals surface area contributed by atoms with Crippen molar-refractivity contribution in [3.8, 4) is 0 Å². The van der Waals surface area contributed by atoms with E-state index in [1.54, 1.807) is 18.2 Å². The van der Waals surface area contributed by atoms with Crippen LogP contribution in [0.5, 0.6) is 0 Å². The maximum atomic E-state index is 12.0. The third-order valence-corrected chi connectivity index (χ3v) is 2.91. The number of aromatic nitrogens is 2. The van der Waals surface area contributed by atoms with Crippen LogP contribution in [0.4, 0.5) is 0 Å². The number of hydrogen-bond acceptors (Lipinski definition) is 2. The summed E-state index contributed by atoms with van der Waals surface area (Å²) < 4.78 is 1.89. The second kappa shape index (κ2) is 4.43. The topological polar surface area (TPSA) is 54.9 Å². The third-order valence-electron chi connectivity index (χ3n) is 2.25. The molecular formula is C10H8BrClN2O2. The number of halogens is 2. The van der Waals surface area contributed by atoms with E-state index in [2.05, 4.69) is 20.9 Å². The minimum atomic E-state index is -0.430. The van der Waals surface area contributed by atoms with Gasteiger partial charge in [0.15, 0.2) is 0 Å². The van der Waals surface area contributed by atoms with E-state index in [0.717, 1.165) is 9.04 Å². The van der Waals surface area contributed by atoms with Crippen LogP contribution in [0.15, 0.2) is 32.3 Å². The summed E-state index contributed by atoms with van der Waals surface area (Å²) in [5.74, 6) is 0.225. The van der Waals surface area contributed by atoms with Gasteiger partial charge < -0.3 is 4.98 Å². The standard InChI is InChI=1S/C10H8BrClN2O2/c11-6-1-2-8-7(5-6)9(15)14(4-3-12)10(16)13-8/h1-2,5H,3-4H2,(H,13,16). The second-order valence-electron chi connectivity index (χ2n) is 3.27. The fourth-order valence-corrected chi connectivity index (χ4v) is 2.04. The molecule has 16 heavy (non-hydrogen) atoms. The SMILES string of the molecule is O=c1[nH]c2ccc(Br)cc2c(=O)n1CCCl. The van der Waals surface area contributed by atoms with Crippen molar-refractivity contribution in [3.05, 3.63) is 43.5 Å². The number of rotatable bonds is 2. The largest absolute Gasteiger partial charge is 0.328 e. The van der Waals surface area contributed by atoms with Gasteiger partial charge in [0, 0.05) is 16.9 Å². The molecule has 0 aliphatic rings. The Balaban J connectivity index is 2.85. The van der Waals surface area contributed by atoms with E-state index >= 15 is 0 Å². The molecule has 2 rings (SSSR count). The van der Waals surface area contributed by atoms with Gasteiger partial charge in [0.25, 0.3) is 5.56 Å². The normalized spacial score (nSPS) is 10.9. The Labute approximate surface area is 104 Å². The number of hydrogen-bond donors (Lipinski definition) is 1. The molecule has 0 unspecified atom stereocenters. The zero-order valence-corrected chi connectivity index (χ0v) is 10.5. The molecule has 0 atom stereocenters. The second-order valence-corrected chi connectivity index (χ2v) is 4.56. The van der Waals surface area contributed by atoms with E-state index < -0.39 is 5.69 Å². The van der Waals surface area contributed by atoms with Crippen molar-refractivity contribution in [3.63, 3.8) is 0 Å². The van der Waals surface area contributed by atoms with Crippen molar-refractivity contribution in [2.75, 3.05) is 5.88 Å². The van der Waals surface area contributed by atoms with Crippen molar-refractivity contribution < 1.29 is 0 Å². The van der Waals surface area contributed by atoms with Gasteiger partial charge in [0.2, 0.25) is 0 Å². The van der Waals surface area contributed by atoms with Gasteiger partial charge in [0.05, 0.1) is 10.9 Å². The summed E-state index contributed by atoms with van der Waals surface area (Å²) >= 11 is 8.82. The van der Waals surface area contributed by atoms with Crippen molar-refractivity contribution in [2.24, 2.45) is 0 Å². The monoisotopic (exact) mass is 302 g/mol. The molecule has 1 aromatic carbocycles. The van der Waals surface area contributed by atoms with Gasteiger partial charge in [-0.2, -0.15) is 0 Å². The first-order valence-electron chi connectivity index (χ1n) is 4.62. The van der Waals surface area contributed by atoms with E-state index in [1.165, 1.54) is 0 Å². The molecule has 0 bridgehead atoms. The van der Waals surface area contributed by atoms with Crippen LogP contribution in [-0.4, -0.2) is 15.4 Å². The summed E-state index contributed by atoms with van der Waals surface area (Å²) in [6.07, 6.45) is 0. The van der Waals surface area contributed by atoms with Gasteiger partial charge in [-0.1, -0.05) is 15.9 Å². The van der Waals surface area contributed by atoms with Crippen LogP contribution in [0.3, 0.4) is 0 Å². The average molecular weight is 304 g/mol. The Hall–Kier alpha value is -1.07. The molecule has 1 aromatic heterocycles. The maximum Gasteiger partial charge on any atom is 0.328 e. The highest BCUT2D eigenvalue weighted by Crippen LogP contribution is 2.13. The summed E-state index contributed by atoms with van der Waals surface area (Å²) in [4.78, 5) is 26.2. The predicted molar refractivity (Wildman–Crippen MR) is 67.2 cm³/mol. The van der Waals surface area contributed by atoms with E-state index in [0.29, 0.717) is 10.9 Å². The lowest BCUT2D eigenvalue weighted by molar-refractivity contribution is 0.688. The molecule has 0 fully saturated rings. The molecule has 0 amide bonds. The van der Waals surface area contributed by atoms with Gasteiger partial charge in [-0.05, 0) is 18.2 Å². The summed E-state index contributed by atoms with van der Waals surface area (Å²) in [7, 11) is 0. The first kappa shape index (κ1) is 11.4. The number of alkyl halides is 1. The van der Waals surface area contributed by atoms with Gasteiger partial charge >= 0.3 is 5.69 Å². The Kier molecular flexibility index (Phi) is 3.16. The Morgan fingerprint density at radius 1 is 1.38 bits per heavy atom. The van der Waals surface area contributed by atoms with E-state index in [4.69, 9.17) is 11.6 Å². The Morgan fingerprint density at radius 2 is 2.12 bits per heavy atom. The Bertz CT molecular complexity index is 647. The van der Waals surface area contributed by atoms with Crippen LogP contribution in [0.25, 0.3) is 10.9 Å². The molecule has 2 aromatic rings. The highest BCUT2D eigenvalue weighted by Gasteiger charge is 2.06. The lowest BCUT2D eigenvalue weighted by Crippen LogP contribution is -2.35. The quantitative estimate of drug-likeness (QED) is 0.858. The van der Waals surface area contributed by atoms with E-state index in [-0.39, 0.29) is 18.0 Å². The molecule has 84 valence electrons. The summed E-state index contributed by atoms with van der Waals surface area (Å²) in [5, 5.41) is 0.471. The molecule has 0 radical (unpaired) electrons. The molecule has 1 heterocycles. The van der Waals surface area contributed by atoms with Gasteiger partial charge in [-0.25, -0.2) is 4.79 Å². The number of H-pyrrole nitrogens is 1. The molecule has 4 nitrogen and oxygen atoms in total. The lowest BCUT2D eigenvalue weighted by atomic mass is 10.2. The number of nitrogens with one attached hydrogen (secondary N) is 1. The van der Waals surface area contributed by atoms with Crippen molar-refractivity contribution in [1.29, 1.82) is 0 Å². The molecule has 0 aliphatic carbocycles. The first-order chi connectivity index (χ1) is 7.63. The van der Waals surface area contributed by atoms with E-state index in [9.17, 15) is 9.59 Å². The average Bonchev–Trinajstić information content (AvgIpc) is 2.26. The highest BCUT2D eigenvalue weighted by molar-refractivity contribution is 9.10. The van der Waals surface area contributed by atoms with Gasteiger partial charge in [0.1, 0.15) is 0 Å². The fourth-order valence-electron chi connectivity index (χ4n) is 1.51. The molecule has 0 saturated carbocycles. The minimum absolute atomic E-state index is 0.207. The van der Waals surface area contributed by atoms with Crippen molar-refractivity contribution >= 4 is 38.4 Å². The maximum absolute atomic E-state index is 12.0. The van der Waals surface area contributed by atoms with Crippen LogP contribution < -0.4 is 11.2 Å². The molecule has 0 aliphatic heterocycles. The molecular weight excluding hydrogens is 295 g/mol. The number of nitrogens with zero attached hydrogens (tertiary/aromatic N) is 1. The third kappa shape index (κ3) is 1.92. The van der Waals surface area contributed by atoms with Gasteiger partial charge in [-0.15, -0.1) is 11.6 Å². The summed E-state index contributed by atoms with van der Waals surface area (Å²) in [6, 6.07) is 5.13. The van der Waals surface area contributed by atoms with Crippen LogP contribution in [0.2, 0.25) is 0 Å². The lowest BCUT2D eigenvalue weighted by Gasteiger charge is -2.04. The van der Waals surface area contributed by atoms with Gasteiger partial charge in [-0.3, -0.25) is 9.36 Å². The van der Waals surface area contributed by atoms with Crippen LogP contribution in [0, 0.1) is 0 Å². The fraction of sp³-hybridized carbons (Fsp3) is 0.200. The molecule has 0 saturated heterocycles. The summed E-state index contributed by atoms with van der Waals surface area (Å²) in [5.41, 5.74) is -0.217. The van der Waals surface area contributed by atoms with Crippen LogP contribution in [-0.2, 0) is 6.54 Å². The number of benzene rings is 1. The first-order valence-corrected chi connectivity index (χ1v) is 5.94.